The molecule has 2 aliphatic rings. The third-order valence-corrected chi connectivity index (χ3v) is 5.57. The molecule has 9 nitrogen and oxygen atoms in total. The number of nitrogens with zero attached hydrogens (tertiary/aromatic N) is 2. The van der Waals surface area contributed by atoms with Gasteiger partial charge in [0.1, 0.15) is 11.6 Å². The van der Waals surface area contributed by atoms with E-state index in [1.165, 1.54) is 7.11 Å². The summed E-state index contributed by atoms with van der Waals surface area (Å²) in [6.45, 7) is 1.57. The Morgan fingerprint density at radius 2 is 2.03 bits per heavy atom. The molecule has 4 rings (SSSR count). The van der Waals surface area contributed by atoms with Crippen molar-refractivity contribution >= 4 is 40.9 Å². The van der Waals surface area contributed by atoms with Gasteiger partial charge in [-0.25, -0.2) is 0 Å². The van der Waals surface area contributed by atoms with Crippen LogP contribution >= 0.6 is 11.6 Å². The Bertz CT molecular complexity index is 1050. The van der Waals surface area contributed by atoms with Crippen LogP contribution in [0, 0.1) is 0 Å². The molecule has 1 aromatic carbocycles. The van der Waals surface area contributed by atoms with Gasteiger partial charge in [-0.15, -0.1) is 0 Å². The highest BCUT2D eigenvalue weighted by Gasteiger charge is 2.35. The molecule has 0 radical (unpaired) electrons. The highest BCUT2D eigenvalue weighted by molar-refractivity contribution is 6.31. The standard InChI is InChI=1S/C20H22ClN5O4/c1-30-14-6-5-11(21)9-13(14)22-18(28)12-10-15(27)23-17-16(12)19(29)25-20(24-17)26-7-3-2-4-8-26/h5-6,9,12H,2-4,7-8,10H2,1H3,(H,22,28)(H2,23,24,25,27,29)/t12-/m0/s1. The molecule has 0 bridgehead atoms. The Balaban J connectivity index is 1.66. The average Bonchev–Trinajstić information content (AvgIpc) is 2.73. The Hall–Kier alpha value is -3.07. The molecule has 2 aliphatic heterocycles. The summed E-state index contributed by atoms with van der Waals surface area (Å²) in [5, 5.41) is 5.77. The molecule has 30 heavy (non-hydrogen) atoms. The van der Waals surface area contributed by atoms with Crippen molar-refractivity contribution in [3.05, 3.63) is 39.1 Å². The Morgan fingerprint density at radius 3 is 2.77 bits per heavy atom. The number of methoxy groups -OCH3 is 1. The van der Waals surface area contributed by atoms with Crippen LogP contribution < -0.4 is 25.8 Å². The fourth-order valence-electron chi connectivity index (χ4n) is 3.84. The monoisotopic (exact) mass is 431 g/mol. The van der Waals surface area contributed by atoms with Crippen LogP contribution in [0.4, 0.5) is 17.5 Å². The number of fused-ring (bicyclic) bond motifs is 1. The lowest BCUT2D eigenvalue weighted by Crippen LogP contribution is -2.38. The Kier molecular flexibility index (Phi) is 5.63. The Morgan fingerprint density at radius 1 is 1.27 bits per heavy atom. The summed E-state index contributed by atoms with van der Waals surface area (Å²) in [6, 6.07) is 4.80. The molecule has 1 saturated heterocycles. The van der Waals surface area contributed by atoms with Gasteiger partial charge in [0.05, 0.1) is 24.3 Å². The maximum absolute atomic E-state index is 13.0. The van der Waals surface area contributed by atoms with Gasteiger partial charge in [-0.3, -0.25) is 19.4 Å². The number of aromatic nitrogens is 2. The number of carbonyl (C=O) groups is 2. The molecule has 2 amide bonds. The predicted octanol–water partition coefficient (Wildman–Crippen LogP) is 2.49. The fourth-order valence-corrected chi connectivity index (χ4v) is 4.01. The first-order valence-electron chi connectivity index (χ1n) is 9.79. The van der Waals surface area contributed by atoms with E-state index < -0.39 is 17.4 Å². The second kappa shape index (κ2) is 8.35. The molecular weight excluding hydrogens is 410 g/mol. The second-order valence-corrected chi connectivity index (χ2v) is 7.77. The molecule has 0 unspecified atom stereocenters. The highest BCUT2D eigenvalue weighted by atomic mass is 35.5. The molecule has 2 aromatic rings. The lowest BCUT2D eigenvalue weighted by molar-refractivity contribution is -0.123. The lowest BCUT2D eigenvalue weighted by atomic mass is 9.92. The molecular formula is C20H22ClN5O4. The number of halogens is 1. The quantitative estimate of drug-likeness (QED) is 0.684. The number of hydrogen-bond donors (Lipinski definition) is 3. The van der Waals surface area contributed by atoms with Gasteiger partial charge in [-0.2, -0.15) is 4.98 Å². The zero-order valence-electron chi connectivity index (χ0n) is 16.5. The first kappa shape index (κ1) is 20.2. The van der Waals surface area contributed by atoms with Crippen LogP contribution in [-0.2, 0) is 9.59 Å². The summed E-state index contributed by atoms with van der Waals surface area (Å²) in [6.07, 6.45) is 3.01. The maximum Gasteiger partial charge on any atom is 0.258 e. The first-order valence-corrected chi connectivity index (χ1v) is 10.2. The van der Waals surface area contributed by atoms with Gasteiger partial charge in [-0.05, 0) is 37.5 Å². The van der Waals surface area contributed by atoms with E-state index in [-0.39, 0.29) is 23.7 Å². The number of nitrogens with one attached hydrogen (secondary N) is 3. The topological polar surface area (TPSA) is 116 Å². The van der Waals surface area contributed by atoms with E-state index in [2.05, 4.69) is 20.6 Å². The molecule has 158 valence electrons. The molecule has 0 aliphatic carbocycles. The van der Waals surface area contributed by atoms with Crippen LogP contribution in [0.1, 0.15) is 37.2 Å². The molecule has 3 heterocycles. The van der Waals surface area contributed by atoms with Crippen LogP contribution in [0.5, 0.6) is 5.75 Å². The third kappa shape index (κ3) is 3.97. The van der Waals surface area contributed by atoms with Crippen molar-refractivity contribution in [3.63, 3.8) is 0 Å². The van der Waals surface area contributed by atoms with Gasteiger partial charge in [-0.1, -0.05) is 11.6 Å². The molecule has 10 heteroatoms. The van der Waals surface area contributed by atoms with Crippen molar-refractivity contribution in [2.75, 3.05) is 35.7 Å². The van der Waals surface area contributed by atoms with Crippen molar-refractivity contribution in [2.24, 2.45) is 0 Å². The van der Waals surface area contributed by atoms with Gasteiger partial charge in [0.15, 0.2) is 0 Å². The highest BCUT2D eigenvalue weighted by Crippen LogP contribution is 2.33. The van der Waals surface area contributed by atoms with Crippen LogP contribution in [0.15, 0.2) is 23.0 Å². The summed E-state index contributed by atoms with van der Waals surface area (Å²) >= 11 is 6.02. The molecule has 0 spiro atoms. The number of hydrogen-bond acceptors (Lipinski definition) is 6. The van der Waals surface area contributed by atoms with Crippen molar-refractivity contribution in [1.29, 1.82) is 0 Å². The van der Waals surface area contributed by atoms with E-state index >= 15 is 0 Å². The largest absolute Gasteiger partial charge is 0.495 e. The molecule has 1 fully saturated rings. The van der Waals surface area contributed by atoms with Gasteiger partial charge in [0.2, 0.25) is 17.8 Å². The van der Waals surface area contributed by atoms with Crippen LogP contribution in [0.2, 0.25) is 5.02 Å². The summed E-state index contributed by atoms with van der Waals surface area (Å²) in [5.74, 6) is -0.900. The van der Waals surface area contributed by atoms with Gasteiger partial charge < -0.3 is 20.3 Å². The van der Waals surface area contributed by atoms with E-state index in [4.69, 9.17) is 16.3 Å². The van der Waals surface area contributed by atoms with E-state index in [0.717, 1.165) is 32.4 Å². The van der Waals surface area contributed by atoms with Crippen LogP contribution in [0.25, 0.3) is 0 Å². The van der Waals surface area contributed by atoms with Gasteiger partial charge >= 0.3 is 0 Å². The minimum atomic E-state index is -0.982. The summed E-state index contributed by atoms with van der Waals surface area (Å²) in [7, 11) is 1.47. The smallest absolute Gasteiger partial charge is 0.258 e. The minimum absolute atomic E-state index is 0.133. The van der Waals surface area contributed by atoms with Crippen LogP contribution in [-0.4, -0.2) is 42.0 Å². The average molecular weight is 432 g/mol. The van der Waals surface area contributed by atoms with Crippen molar-refractivity contribution in [2.45, 2.75) is 31.6 Å². The van der Waals surface area contributed by atoms with E-state index in [9.17, 15) is 14.4 Å². The van der Waals surface area contributed by atoms with Gasteiger partial charge in [0, 0.05) is 24.5 Å². The fraction of sp³-hybridized carbons (Fsp3) is 0.400. The SMILES string of the molecule is COc1ccc(Cl)cc1NC(=O)[C@H]1CC(=O)Nc2nc(N3CCCCC3)[nH]c(=O)c21. The van der Waals surface area contributed by atoms with E-state index in [1.54, 1.807) is 18.2 Å². The van der Waals surface area contributed by atoms with Crippen molar-refractivity contribution < 1.29 is 14.3 Å². The number of benzene rings is 1. The lowest BCUT2D eigenvalue weighted by Gasteiger charge is -2.29. The van der Waals surface area contributed by atoms with E-state index in [0.29, 0.717) is 22.4 Å². The third-order valence-electron chi connectivity index (χ3n) is 5.33. The number of ether oxygens (including phenoxy) is 1. The number of piperidine rings is 1. The van der Waals surface area contributed by atoms with E-state index in [1.807, 2.05) is 4.90 Å². The summed E-state index contributed by atoms with van der Waals surface area (Å²) < 4.78 is 5.25. The molecule has 1 atom stereocenters. The number of H-pyrrole nitrogens is 1. The number of anilines is 3. The second-order valence-electron chi connectivity index (χ2n) is 7.34. The predicted molar refractivity (Wildman–Crippen MR) is 114 cm³/mol. The first-order chi connectivity index (χ1) is 14.5. The zero-order chi connectivity index (χ0) is 21.3. The molecule has 1 aromatic heterocycles. The van der Waals surface area contributed by atoms with Gasteiger partial charge in [0.25, 0.3) is 5.56 Å². The molecule has 3 N–H and O–H groups in total. The summed E-state index contributed by atoms with van der Waals surface area (Å²) in [5.41, 5.74) is 0.0736. The number of carbonyl (C=O) groups excluding carboxylic acids is 2. The normalized spacial score (nSPS) is 18.4. The number of amides is 2. The zero-order valence-corrected chi connectivity index (χ0v) is 17.2. The number of aromatic amines is 1. The molecule has 0 saturated carbocycles. The summed E-state index contributed by atoms with van der Waals surface area (Å²) in [4.78, 5) is 47.4. The number of rotatable bonds is 4. The minimum Gasteiger partial charge on any atom is -0.495 e. The van der Waals surface area contributed by atoms with Crippen molar-refractivity contribution in [3.8, 4) is 5.75 Å². The Labute approximate surface area is 177 Å². The van der Waals surface area contributed by atoms with Crippen molar-refractivity contribution in [1.82, 2.24) is 9.97 Å². The van der Waals surface area contributed by atoms with Crippen LogP contribution in [0.3, 0.4) is 0 Å². The maximum atomic E-state index is 13.0.